The van der Waals surface area contributed by atoms with E-state index in [4.69, 9.17) is 0 Å². The van der Waals surface area contributed by atoms with Crippen LogP contribution in [-0.4, -0.2) is 77.1 Å². The lowest BCUT2D eigenvalue weighted by Crippen LogP contribution is -2.78. The van der Waals surface area contributed by atoms with Gasteiger partial charge in [-0.05, 0) is 13.8 Å². The van der Waals surface area contributed by atoms with Gasteiger partial charge in [0.15, 0.2) is 0 Å². The first kappa shape index (κ1) is 40.9. The highest BCUT2D eigenvalue weighted by Gasteiger charge is 2.99. The fraction of sp³-hybridized carbons (Fsp3) is 0.882. The van der Waals surface area contributed by atoms with Crippen molar-refractivity contribution < 1.29 is 115 Å². The monoisotopic (exact) mass is 703 g/mol. The molecule has 0 amide bonds. The molecule has 1 radical (unpaired) electrons. The van der Waals surface area contributed by atoms with Crippen molar-refractivity contribution in [2.24, 2.45) is 5.92 Å². The van der Waals surface area contributed by atoms with E-state index in [2.05, 4.69) is 6.92 Å². The molecule has 0 aliphatic heterocycles. The Morgan fingerprint density at radius 1 is 0.419 bits per heavy atom. The minimum Gasteiger partial charge on any atom is -0.300 e. The van der Waals surface area contributed by atoms with Gasteiger partial charge in [0.1, 0.15) is 5.78 Å². The lowest BCUT2D eigenvalue weighted by molar-refractivity contribution is -0.482. The van der Waals surface area contributed by atoms with E-state index < -0.39 is 89.4 Å². The summed E-state index contributed by atoms with van der Waals surface area (Å²) in [5.74, 6) is -103. The summed E-state index contributed by atoms with van der Waals surface area (Å²) < 4.78 is 333. The van der Waals surface area contributed by atoms with E-state index >= 15 is 0 Å². The summed E-state index contributed by atoms with van der Waals surface area (Å²) in [4.78, 5) is 10.8. The Bertz CT molecular complexity index is 1030. The van der Waals surface area contributed by atoms with Crippen molar-refractivity contribution >= 4 is 5.78 Å². The number of rotatable bonds is 13. The highest BCUT2D eigenvalue weighted by molar-refractivity contribution is 5.78. The summed E-state index contributed by atoms with van der Waals surface area (Å²) in [5.41, 5.74) is 0. The van der Waals surface area contributed by atoms with Gasteiger partial charge in [-0.3, -0.25) is 4.79 Å². The summed E-state index contributed by atoms with van der Waals surface area (Å²) in [6.45, 7) is 2.48. The average molecular weight is 703 g/mol. The molecule has 0 fully saturated rings. The second kappa shape index (κ2) is 10.2. The fourth-order valence-corrected chi connectivity index (χ4v) is 2.57. The summed E-state index contributed by atoms with van der Waals surface area (Å²) in [6, 6.07) is 0. The zero-order valence-corrected chi connectivity index (χ0v) is 19.3. The van der Waals surface area contributed by atoms with E-state index in [9.17, 15) is 115 Å². The van der Waals surface area contributed by atoms with Crippen molar-refractivity contribution in [2.75, 3.05) is 0 Å². The Kier molecular flexibility index (Phi) is 9.73. The van der Waals surface area contributed by atoms with E-state index in [-0.39, 0.29) is 6.92 Å². The number of carbonyl (C=O) groups is 1. The maximum Gasteiger partial charge on any atom is 0.460 e. The van der Waals surface area contributed by atoms with E-state index in [0.717, 1.165) is 0 Å². The van der Waals surface area contributed by atoms with Gasteiger partial charge in [-0.1, -0.05) is 0 Å². The van der Waals surface area contributed by atoms with Crippen molar-refractivity contribution in [1.29, 1.82) is 0 Å². The Hall–Kier alpha value is -2.08. The molecule has 0 heterocycles. The van der Waals surface area contributed by atoms with Crippen molar-refractivity contribution in [3.63, 3.8) is 0 Å². The first-order valence-corrected chi connectivity index (χ1v) is 9.64. The summed E-state index contributed by atoms with van der Waals surface area (Å²) in [7, 11) is 0. The Balaban J connectivity index is 7.31. The molecule has 1 atom stereocenters. The number of ketones is 1. The first-order valence-electron chi connectivity index (χ1n) is 9.64. The maximum absolute atomic E-state index is 13.7. The largest absolute Gasteiger partial charge is 0.460 e. The fourth-order valence-electron chi connectivity index (χ4n) is 2.57. The van der Waals surface area contributed by atoms with Gasteiger partial charge >= 0.3 is 71.3 Å². The van der Waals surface area contributed by atoms with Crippen LogP contribution < -0.4 is 0 Å². The molecule has 0 N–H and O–H groups in total. The molecule has 1 nitrogen and oxygen atoms in total. The number of carbonyl (C=O) groups excluding carboxylic acids is 1. The Labute approximate surface area is 219 Å². The van der Waals surface area contributed by atoms with Gasteiger partial charge in [0, 0.05) is 12.3 Å². The molecule has 0 aromatic carbocycles. The van der Waals surface area contributed by atoms with Gasteiger partial charge in [-0.15, -0.1) is 0 Å². The number of halogens is 25. The zero-order chi connectivity index (χ0) is 35.9. The third kappa shape index (κ3) is 5.12. The van der Waals surface area contributed by atoms with Crippen LogP contribution in [0.3, 0.4) is 0 Å². The minimum atomic E-state index is -9.62. The quantitative estimate of drug-likeness (QED) is 0.175. The maximum atomic E-state index is 13.7. The minimum absolute atomic E-state index is 0.180. The van der Waals surface area contributed by atoms with Gasteiger partial charge in [0.2, 0.25) is 0 Å². The molecule has 0 aliphatic rings. The van der Waals surface area contributed by atoms with E-state index in [1.165, 1.54) is 0 Å². The summed E-state index contributed by atoms with van der Waals surface area (Å²) in [5, 5.41) is 0. The second-order valence-electron chi connectivity index (χ2n) is 8.46. The van der Waals surface area contributed by atoms with E-state index in [1.54, 1.807) is 0 Å². The number of alkyl halides is 25. The highest BCUT2D eigenvalue weighted by atomic mass is 19.4. The van der Waals surface area contributed by atoms with E-state index in [0.29, 0.717) is 0 Å². The van der Waals surface area contributed by atoms with Crippen molar-refractivity contribution in [3.05, 3.63) is 6.92 Å². The van der Waals surface area contributed by atoms with Gasteiger partial charge in [0.25, 0.3) is 0 Å². The summed E-state index contributed by atoms with van der Waals surface area (Å²) in [6.07, 6.45) is -11.3. The number of Topliss-reactive ketones (excluding diaryl/α,β-unsaturated/α-hetero) is 1. The van der Waals surface area contributed by atoms with Crippen molar-refractivity contribution in [2.45, 2.75) is 84.7 Å². The SMILES string of the molecule is [CH2]C(CC(F)(F)C(F)(F)C(F)(F)C(F)(F)C(F)(F)C(F)(F)C(F)(F)C(F)(F)C(F)(F)C(F)(F)C(F)(F)C(F)(F)F)C(C)=O. The smallest absolute Gasteiger partial charge is 0.300 e. The third-order valence-corrected chi connectivity index (χ3v) is 5.44. The molecule has 0 aromatic heterocycles. The van der Waals surface area contributed by atoms with Gasteiger partial charge in [-0.2, -0.15) is 110 Å². The van der Waals surface area contributed by atoms with Crippen LogP contribution in [-0.2, 0) is 4.79 Å². The van der Waals surface area contributed by atoms with Crippen LogP contribution in [0.1, 0.15) is 13.3 Å². The average Bonchev–Trinajstić information content (AvgIpc) is 2.76. The summed E-state index contributed by atoms with van der Waals surface area (Å²) >= 11 is 0. The van der Waals surface area contributed by atoms with Crippen LogP contribution in [0, 0.1) is 12.8 Å². The highest BCUT2D eigenvalue weighted by Crippen LogP contribution is 2.67. The molecule has 0 aliphatic carbocycles. The van der Waals surface area contributed by atoms with Gasteiger partial charge in [-0.25, -0.2) is 0 Å². The molecular weight excluding hydrogens is 695 g/mol. The lowest BCUT2D eigenvalue weighted by Gasteiger charge is -2.45. The van der Waals surface area contributed by atoms with Gasteiger partial charge in [0.05, 0.1) is 0 Å². The molecule has 0 saturated carbocycles. The molecule has 0 bridgehead atoms. The number of hydrogen-bond acceptors (Lipinski definition) is 1. The molecule has 1 unspecified atom stereocenters. The van der Waals surface area contributed by atoms with Gasteiger partial charge < -0.3 is 0 Å². The third-order valence-electron chi connectivity index (χ3n) is 5.44. The van der Waals surface area contributed by atoms with Crippen LogP contribution in [0.25, 0.3) is 0 Å². The molecule has 43 heavy (non-hydrogen) atoms. The Morgan fingerprint density at radius 3 is 0.791 bits per heavy atom. The molecule has 257 valence electrons. The van der Waals surface area contributed by atoms with E-state index in [1.807, 2.05) is 0 Å². The van der Waals surface area contributed by atoms with Crippen LogP contribution in [0.5, 0.6) is 0 Å². The zero-order valence-electron chi connectivity index (χ0n) is 19.3. The normalized spacial score (nSPS) is 17.3. The molecule has 0 saturated heterocycles. The molecule has 26 heteroatoms. The predicted molar refractivity (Wildman–Crippen MR) is 84.6 cm³/mol. The first-order chi connectivity index (χ1) is 18.1. The molecule has 0 spiro atoms. The molecular formula is C17H8F25O. The van der Waals surface area contributed by atoms with Crippen molar-refractivity contribution in [1.82, 2.24) is 0 Å². The Morgan fingerprint density at radius 2 is 0.605 bits per heavy atom. The topological polar surface area (TPSA) is 17.1 Å². The van der Waals surface area contributed by atoms with Crippen molar-refractivity contribution in [3.8, 4) is 0 Å². The number of hydrogen-bond donors (Lipinski definition) is 0. The lowest BCUT2D eigenvalue weighted by atomic mass is 9.83. The van der Waals surface area contributed by atoms with Crippen LogP contribution >= 0.6 is 0 Å². The van der Waals surface area contributed by atoms with Crippen LogP contribution in [0.2, 0.25) is 0 Å². The predicted octanol–water partition coefficient (Wildman–Crippen LogP) is 8.97. The molecule has 0 aromatic rings. The van der Waals surface area contributed by atoms with Crippen LogP contribution in [0.4, 0.5) is 110 Å². The van der Waals surface area contributed by atoms with Crippen LogP contribution in [0.15, 0.2) is 0 Å². The molecule has 0 rings (SSSR count). The second-order valence-corrected chi connectivity index (χ2v) is 8.46. The standard InChI is InChI=1S/C17H8F25O/c1-4(5(2)43)3-6(18,19)7(20,21)8(22,23)9(24,25)10(26,27)11(28,29)12(30,31)13(32,33)14(34,35)15(36,37)16(38,39)17(40,41)42/h4H,1,3H2,2H3.